The maximum atomic E-state index is 11.7. The number of nitrogens with zero attached hydrogens (tertiary/aromatic N) is 3. The maximum absolute atomic E-state index is 11.7. The molecular formula is C9H7BrN4O2. The molecule has 0 saturated heterocycles. The molecule has 0 fully saturated rings. The fourth-order valence-corrected chi connectivity index (χ4v) is 1.48. The minimum atomic E-state index is -0.468. The normalized spacial score (nSPS) is 10.1. The summed E-state index contributed by atoms with van der Waals surface area (Å²) in [7, 11) is 0. The van der Waals surface area contributed by atoms with Crippen LogP contribution >= 0.6 is 15.9 Å². The molecule has 6 nitrogen and oxygen atoms in total. The van der Waals surface area contributed by atoms with E-state index in [1.165, 1.54) is 24.8 Å². The molecule has 0 radical (unpaired) electrons. The van der Waals surface area contributed by atoms with E-state index in [1.807, 2.05) is 0 Å². The molecule has 1 heterocycles. The van der Waals surface area contributed by atoms with Gasteiger partial charge in [0.2, 0.25) is 0 Å². The van der Waals surface area contributed by atoms with Gasteiger partial charge < -0.3 is 5.11 Å². The van der Waals surface area contributed by atoms with Gasteiger partial charge in [-0.15, -0.1) is 5.10 Å². The average Bonchev–Trinajstić information content (AvgIpc) is 2.74. The van der Waals surface area contributed by atoms with E-state index in [9.17, 15) is 9.90 Å². The summed E-state index contributed by atoms with van der Waals surface area (Å²) in [5.74, 6) is -0.565. The van der Waals surface area contributed by atoms with Crippen molar-refractivity contribution in [1.82, 2.24) is 14.9 Å². The lowest BCUT2D eigenvalue weighted by Gasteiger charge is -2.06. The molecule has 0 atom stereocenters. The Morgan fingerprint density at radius 3 is 3.00 bits per heavy atom. The van der Waals surface area contributed by atoms with Crippen LogP contribution in [0.1, 0.15) is 10.4 Å². The van der Waals surface area contributed by atoms with Gasteiger partial charge in [-0.25, -0.2) is 10.4 Å². The van der Waals surface area contributed by atoms with Gasteiger partial charge in [0.05, 0.1) is 5.56 Å². The lowest BCUT2D eigenvalue weighted by Crippen LogP contribution is -2.23. The van der Waals surface area contributed by atoms with Crippen LogP contribution in [0.3, 0.4) is 0 Å². The summed E-state index contributed by atoms with van der Waals surface area (Å²) in [4.78, 5) is 16.5. The highest BCUT2D eigenvalue weighted by molar-refractivity contribution is 9.10. The molecule has 16 heavy (non-hydrogen) atoms. The van der Waals surface area contributed by atoms with Gasteiger partial charge in [-0.1, -0.05) is 15.9 Å². The van der Waals surface area contributed by atoms with Crippen LogP contribution < -0.4 is 5.43 Å². The number of carbonyl (C=O) groups excluding carboxylic acids is 1. The molecule has 0 spiro atoms. The average molecular weight is 283 g/mol. The molecule has 0 aliphatic carbocycles. The summed E-state index contributed by atoms with van der Waals surface area (Å²) in [6, 6.07) is 4.59. The van der Waals surface area contributed by atoms with Crippen LogP contribution in [0.5, 0.6) is 5.75 Å². The third-order valence-electron chi connectivity index (χ3n) is 1.84. The molecular weight excluding hydrogens is 276 g/mol. The summed E-state index contributed by atoms with van der Waals surface area (Å²) >= 11 is 3.22. The van der Waals surface area contributed by atoms with Crippen LogP contribution in [-0.2, 0) is 0 Å². The number of amides is 1. The number of hydrogen-bond donors (Lipinski definition) is 2. The Morgan fingerprint density at radius 2 is 2.31 bits per heavy atom. The Labute approximate surface area is 99.0 Å². The van der Waals surface area contributed by atoms with Crippen LogP contribution in [-0.4, -0.2) is 25.9 Å². The summed E-state index contributed by atoms with van der Waals surface area (Å²) in [6.45, 7) is 0. The van der Waals surface area contributed by atoms with Crippen LogP contribution in [0.2, 0.25) is 0 Å². The topological polar surface area (TPSA) is 80.0 Å². The smallest absolute Gasteiger partial charge is 0.275 e. The molecule has 0 aliphatic heterocycles. The van der Waals surface area contributed by atoms with Crippen molar-refractivity contribution in [2.45, 2.75) is 0 Å². The van der Waals surface area contributed by atoms with E-state index in [0.29, 0.717) is 4.47 Å². The zero-order valence-corrected chi connectivity index (χ0v) is 9.55. The molecule has 2 aromatic rings. The third-order valence-corrected chi connectivity index (χ3v) is 2.33. The van der Waals surface area contributed by atoms with E-state index < -0.39 is 5.91 Å². The Kier molecular flexibility index (Phi) is 2.86. The summed E-state index contributed by atoms with van der Waals surface area (Å²) < 4.78 is 0.703. The highest BCUT2D eigenvalue weighted by Gasteiger charge is 2.11. The summed E-state index contributed by atoms with van der Waals surface area (Å²) in [6.07, 6.45) is 2.63. The Balaban J connectivity index is 2.24. The minimum absolute atomic E-state index is 0.0965. The highest BCUT2D eigenvalue weighted by atomic mass is 79.9. The van der Waals surface area contributed by atoms with Crippen LogP contribution in [0.4, 0.5) is 0 Å². The molecule has 82 valence electrons. The first kappa shape index (κ1) is 10.6. The number of benzene rings is 1. The van der Waals surface area contributed by atoms with Crippen LogP contribution in [0.15, 0.2) is 35.3 Å². The first-order chi connectivity index (χ1) is 7.66. The number of aromatic hydroxyl groups is 1. The third kappa shape index (κ3) is 2.19. The highest BCUT2D eigenvalue weighted by Crippen LogP contribution is 2.21. The molecule has 2 rings (SSSR count). The zero-order chi connectivity index (χ0) is 11.5. The number of rotatable bonds is 2. The molecule has 1 aromatic heterocycles. The maximum Gasteiger partial charge on any atom is 0.275 e. The quantitative estimate of drug-likeness (QED) is 0.865. The number of hydrogen-bond acceptors (Lipinski definition) is 4. The summed E-state index contributed by atoms with van der Waals surface area (Å²) in [5, 5.41) is 13.2. The Bertz CT molecular complexity index is 512. The van der Waals surface area contributed by atoms with Gasteiger partial charge in [0, 0.05) is 4.47 Å². The Morgan fingerprint density at radius 1 is 1.50 bits per heavy atom. The van der Waals surface area contributed by atoms with Gasteiger partial charge in [0.25, 0.3) is 5.91 Å². The number of phenolic OH excluding ortho intramolecular Hbond substituents is 1. The number of carbonyl (C=O) groups is 1. The van der Waals surface area contributed by atoms with Gasteiger partial charge >= 0.3 is 0 Å². The zero-order valence-electron chi connectivity index (χ0n) is 7.96. The van der Waals surface area contributed by atoms with E-state index in [1.54, 1.807) is 6.07 Å². The fourth-order valence-electron chi connectivity index (χ4n) is 1.12. The van der Waals surface area contributed by atoms with Gasteiger partial charge in [0.1, 0.15) is 18.4 Å². The molecule has 2 N–H and O–H groups in total. The first-order valence-corrected chi connectivity index (χ1v) is 5.10. The van der Waals surface area contributed by atoms with E-state index in [-0.39, 0.29) is 11.3 Å². The molecule has 0 unspecified atom stereocenters. The predicted molar refractivity (Wildman–Crippen MR) is 59.5 cm³/mol. The standard InChI is InChI=1S/C9H7BrN4O2/c10-6-1-2-8(15)7(3-6)9(16)13-14-5-11-4-12-14/h1-5,15H,(H,13,16). The fraction of sp³-hybridized carbons (Fsp3) is 0. The number of halogens is 1. The van der Waals surface area contributed by atoms with E-state index >= 15 is 0 Å². The van der Waals surface area contributed by atoms with Crippen molar-refractivity contribution in [2.75, 3.05) is 5.43 Å². The van der Waals surface area contributed by atoms with Gasteiger partial charge in [-0.3, -0.25) is 4.79 Å². The van der Waals surface area contributed by atoms with Gasteiger partial charge in [0.15, 0.2) is 0 Å². The van der Waals surface area contributed by atoms with Crippen molar-refractivity contribution in [3.63, 3.8) is 0 Å². The van der Waals surface area contributed by atoms with Gasteiger partial charge in [-0.2, -0.15) is 4.79 Å². The Hall–Kier alpha value is -1.89. The van der Waals surface area contributed by atoms with Crippen molar-refractivity contribution in [2.24, 2.45) is 0 Å². The molecule has 0 saturated carbocycles. The number of nitrogens with one attached hydrogen (secondary N) is 1. The molecule has 0 bridgehead atoms. The van der Waals surface area contributed by atoms with Crippen molar-refractivity contribution >= 4 is 21.8 Å². The molecule has 7 heteroatoms. The minimum Gasteiger partial charge on any atom is -0.507 e. The van der Waals surface area contributed by atoms with E-state index in [2.05, 4.69) is 31.4 Å². The SMILES string of the molecule is O=C(Nn1cncn1)c1cc(Br)ccc1O. The van der Waals surface area contributed by atoms with Crippen molar-refractivity contribution in [3.05, 3.63) is 40.9 Å². The molecule has 0 aliphatic rings. The number of phenols is 1. The van der Waals surface area contributed by atoms with Gasteiger partial charge in [-0.05, 0) is 18.2 Å². The second-order valence-corrected chi connectivity index (χ2v) is 3.86. The second-order valence-electron chi connectivity index (χ2n) is 2.94. The summed E-state index contributed by atoms with van der Waals surface area (Å²) in [5.41, 5.74) is 2.59. The number of aromatic nitrogens is 3. The largest absolute Gasteiger partial charge is 0.507 e. The van der Waals surface area contributed by atoms with E-state index in [4.69, 9.17) is 0 Å². The van der Waals surface area contributed by atoms with Crippen molar-refractivity contribution in [1.29, 1.82) is 0 Å². The molecule has 1 aromatic carbocycles. The lowest BCUT2D eigenvalue weighted by atomic mass is 10.2. The van der Waals surface area contributed by atoms with Crippen molar-refractivity contribution in [3.8, 4) is 5.75 Å². The van der Waals surface area contributed by atoms with Crippen LogP contribution in [0.25, 0.3) is 0 Å². The monoisotopic (exact) mass is 282 g/mol. The first-order valence-electron chi connectivity index (χ1n) is 4.31. The lowest BCUT2D eigenvalue weighted by molar-refractivity contribution is 0.100. The second kappa shape index (κ2) is 4.31. The van der Waals surface area contributed by atoms with Crippen LogP contribution in [0, 0.1) is 0 Å². The van der Waals surface area contributed by atoms with Crippen molar-refractivity contribution < 1.29 is 9.90 Å². The predicted octanol–water partition coefficient (Wildman–Crippen LogP) is 1.13. The molecule has 1 amide bonds. The van der Waals surface area contributed by atoms with E-state index in [0.717, 1.165) is 4.79 Å².